The molecule has 0 bridgehead atoms. The Morgan fingerprint density at radius 2 is 1.38 bits per heavy atom. The van der Waals surface area contributed by atoms with E-state index in [1.807, 2.05) is 20.8 Å². The lowest BCUT2D eigenvalue weighted by molar-refractivity contribution is -0.449. The Bertz CT molecular complexity index is 445. The van der Waals surface area contributed by atoms with E-state index in [4.69, 9.17) is 18.9 Å². The second-order valence-electron chi connectivity index (χ2n) is 7.60. The number of ether oxygens (including phenoxy) is 4. The Hall–Kier alpha value is -0.750. The Morgan fingerprint density at radius 3 is 1.76 bits per heavy atom. The minimum absolute atomic E-state index is 0.000671. The largest absolute Gasteiger partial charge is 0.369 e. The number of rotatable bonds is 19. The molecule has 0 aliphatic rings. The standard InChI is InChI=1S/C24H46O5/c1-9-14-15-16-17-18-21(22(25)20(6)7)23(26-8,19-10-2)24(27-11-3,28-12-4)29-13-5/h21H,6,9-19H2,1-5,7-8H3. The van der Waals surface area contributed by atoms with Gasteiger partial charge in [0.25, 0.3) is 0 Å². The van der Waals surface area contributed by atoms with Gasteiger partial charge >= 0.3 is 5.97 Å². The number of carbonyl (C=O) groups excluding carboxylic acids is 1. The molecule has 172 valence electrons. The highest BCUT2D eigenvalue weighted by molar-refractivity contribution is 5.96. The monoisotopic (exact) mass is 414 g/mol. The molecule has 0 fully saturated rings. The lowest BCUT2D eigenvalue weighted by atomic mass is 9.74. The third kappa shape index (κ3) is 7.46. The lowest BCUT2D eigenvalue weighted by Gasteiger charge is -2.50. The summed E-state index contributed by atoms with van der Waals surface area (Å²) in [5, 5.41) is 0. The fourth-order valence-corrected chi connectivity index (χ4v) is 4.17. The van der Waals surface area contributed by atoms with E-state index in [2.05, 4.69) is 20.4 Å². The average Bonchev–Trinajstić information content (AvgIpc) is 2.69. The van der Waals surface area contributed by atoms with Crippen LogP contribution in [0.15, 0.2) is 12.2 Å². The summed E-state index contributed by atoms with van der Waals surface area (Å²) in [6, 6.07) is 0. The predicted octanol–water partition coefficient (Wildman–Crippen LogP) is 6.06. The van der Waals surface area contributed by atoms with E-state index in [-0.39, 0.29) is 5.78 Å². The van der Waals surface area contributed by atoms with Crippen molar-refractivity contribution >= 4 is 5.78 Å². The molecule has 0 rings (SSSR count). The fourth-order valence-electron chi connectivity index (χ4n) is 4.17. The van der Waals surface area contributed by atoms with Crippen LogP contribution in [0.25, 0.3) is 0 Å². The number of ketones is 1. The van der Waals surface area contributed by atoms with E-state index in [0.29, 0.717) is 38.2 Å². The molecule has 0 amide bonds. The molecule has 0 aromatic heterocycles. The minimum atomic E-state index is -1.44. The second kappa shape index (κ2) is 15.1. The van der Waals surface area contributed by atoms with Crippen molar-refractivity contribution < 1.29 is 23.7 Å². The Labute approximate surface area is 179 Å². The van der Waals surface area contributed by atoms with Crippen LogP contribution in [0.4, 0.5) is 0 Å². The summed E-state index contributed by atoms with van der Waals surface area (Å²) < 4.78 is 24.5. The van der Waals surface area contributed by atoms with E-state index in [9.17, 15) is 4.79 Å². The van der Waals surface area contributed by atoms with Crippen LogP contribution in [0, 0.1) is 5.92 Å². The highest BCUT2D eigenvalue weighted by Gasteiger charge is 2.61. The maximum Gasteiger partial charge on any atom is 0.314 e. The number of Topliss-reactive ketones (excluding diaryl/α,β-unsaturated/α-hetero) is 1. The van der Waals surface area contributed by atoms with Gasteiger partial charge in [0, 0.05) is 26.9 Å². The zero-order chi connectivity index (χ0) is 22.3. The van der Waals surface area contributed by atoms with Gasteiger partial charge in [-0.3, -0.25) is 4.79 Å². The van der Waals surface area contributed by atoms with Gasteiger partial charge in [-0.25, -0.2) is 0 Å². The molecule has 5 nitrogen and oxygen atoms in total. The van der Waals surface area contributed by atoms with Crippen molar-refractivity contribution in [2.24, 2.45) is 5.92 Å². The Kier molecular flexibility index (Phi) is 14.7. The van der Waals surface area contributed by atoms with Gasteiger partial charge in [0.05, 0.1) is 5.92 Å². The molecule has 0 spiro atoms. The molecule has 5 heteroatoms. The Balaban J connectivity index is 6.26. The van der Waals surface area contributed by atoms with Crippen molar-refractivity contribution in [1.82, 2.24) is 0 Å². The molecule has 0 saturated carbocycles. The molecule has 29 heavy (non-hydrogen) atoms. The number of hydrogen-bond donors (Lipinski definition) is 0. The molecule has 2 atom stereocenters. The smallest absolute Gasteiger partial charge is 0.314 e. The van der Waals surface area contributed by atoms with Crippen LogP contribution in [0.3, 0.4) is 0 Å². The fraction of sp³-hybridized carbons (Fsp3) is 0.875. The first-order chi connectivity index (χ1) is 13.9. The molecular formula is C24H46O5. The number of allylic oxidation sites excluding steroid dienone is 1. The number of carbonyl (C=O) groups is 1. The normalized spacial score (nSPS) is 15.1. The van der Waals surface area contributed by atoms with Gasteiger partial charge in [0.15, 0.2) is 11.4 Å². The van der Waals surface area contributed by atoms with Crippen molar-refractivity contribution in [1.29, 1.82) is 0 Å². The van der Waals surface area contributed by atoms with E-state index >= 15 is 0 Å². The summed E-state index contributed by atoms with van der Waals surface area (Å²) in [4.78, 5) is 13.4. The van der Waals surface area contributed by atoms with Crippen LogP contribution in [-0.4, -0.2) is 44.3 Å². The predicted molar refractivity (Wildman–Crippen MR) is 119 cm³/mol. The van der Waals surface area contributed by atoms with Gasteiger partial charge in [-0.1, -0.05) is 59.0 Å². The average molecular weight is 415 g/mol. The molecule has 0 N–H and O–H groups in total. The summed E-state index contributed by atoms with van der Waals surface area (Å²) in [6.07, 6.45) is 7.69. The minimum Gasteiger partial charge on any atom is -0.369 e. The number of methoxy groups -OCH3 is 1. The molecule has 0 aliphatic carbocycles. The molecule has 0 aromatic rings. The zero-order valence-electron chi connectivity index (χ0n) is 20.1. The van der Waals surface area contributed by atoms with Gasteiger partial charge in [0.1, 0.15) is 0 Å². The molecule has 0 heterocycles. The van der Waals surface area contributed by atoms with Crippen LogP contribution < -0.4 is 0 Å². The molecule has 0 aromatic carbocycles. The topological polar surface area (TPSA) is 54.0 Å². The van der Waals surface area contributed by atoms with E-state index in [0.717, 1.165) is 19.3 Å². The molecule has 0 radical (unpaired) electrons. The van der Waals surface area contributed by atoms with E-state index in [1.165, 1.54) is 19.3 Å². The van der Waals surface area contributed by atoms with E-state index < -0.39 is 17.5 Å². The van der Waals surface area contributed by atoms with Gasteiger partial charge in [0.2, 0.25) is 0 Å². The second-order valence-corrected chi connectivity index (χ2v) is 7.60. The van der Waals surface area contributed by atoms with Crippen molar-refractivity contribution in [3.63, 3.8) is 0 Å². The first-order valence-electron chi connectivity index (χ1n) is 11.5. The highest BCUT2D eigenvalue weighted by Crippen LogP contribution is 2.45. The molecule has 2 unspecified atom stereocenters. The van der Waals surface area contributed by atoms with E-state index in [1.54, 1.807) is 14.0 Å². The number of hydrogen-bond acceptors (Lipinski definition) is 5. The molecular weight excluding hydrogens is 368 g/mol. The molecule has 0 aliphatic heterocycles. The summed E-state index contributed by atoms with van der Waals surface area (Å²) in [6.45, 7) is 16.8. The number of unbranched alkanes of at least 4 members (excludes halogenated alkanes) is 4. The third-order valence-corrected chi connectivity index (χ3v) is 5.40. The van der Waals surface area contributed by atoms with Crippen LogP contribution in [0.5, 0.6) is 0 Å². The Morgan fingerprint density at radius 1 is 0.862 bits per heavy atom. The van der Waals surface area contributed by atoms with Crippen LogP contribution in [0.2, 0.25) is 0 Å². The summed E-state index contributed by atoms with van der Waals surface area (Å²) in [5.74, 6) is -1.88. The van der Waals surface area contributed by atoms with Gasteiger partial charge in [-0.15, -0.1) is 0 Å². The third-order valence-electron chi connectivity index (χ3n) is 5.40. The van der Waals surface area contributed by atoms with Crippen LogP contribution in [-0.2, 0) is 23.7 Å². The highest BCUT2D eigenvalue weighted by atomic mass is 16.9. The zero-order valence-corrected chi connectivity index (χ0v) is 20.1. The van der Waals surface area contributed by atoms with Crippen LogP contribution in [0.1, 0.15) is 92.9 Å². The van der Waals surface area contributed by atoms with Gasteiger partial charge < -0.3 is 18.9 Å². The summed E-state index contributed by atoms with van der Waals surface area (Å²) in [5.41, 5.74) is -0.524. The maximum atomic E-state index is 13.4. The van der Waals surface area contributed by atoms with Crippen molar-refractivity contribution in [3.8, 4) is 0 Å². The van der Waals surface area contributed by atoms with Crippen molar-refractivity contribution in [2.45, 2.75) is 104 Å². The summed E-state index contributed by atoms with van der Waals surface area (Å²) >= 11 is 0. The van der Waals surface area contributed by atoms with Crippen molar-refractivity contribution in [3.05, 3.63) is 12.2 Å². The first kappa shape index (κ1) is 28.2. The van der Waals surface area contributed by atoms with Gasteiger partial charge in [-0.2, -0.15) is 0 Å². The summed E-state index contributed by atoms with van der Waals surface area (Å²) in [7, 11) is 1.64. The van der Waals surface area contributed by atoms with Crippen molar-refractivity contribution in [2.75, 3.05) is 26.9 Å². The lowest BCUT2D eigenvalue weighted by Crippen LogP contribution is -2.65. The maximum absolute atomic E-state index is 13.4. The quantitative estimate of drug-likeness (QED) is 0.146. The SMILES string of the molecule is C=C(C)C(=O)C(CCCCCCC)C(CCC)(OC)C(OCC)(OCC)OCC. The first-order valence-corrected chi connectivity index (χ1v) is 11.5. The van der Waals surface area contributed by atoms with Gasteiger partial charge in [-0.05, 0) is 46.1 Å². The van der Waals surface area contributed by atoms with Crippen LogP contribution >= 0.6 is 0 Å². The molecule has 0 saturated heterocycles.